The van der Waals surface area contributed by atoms with Crippen molar-refractivity contribution in [2.45, 2.75) is 44.4 Å². The third-order valence-corrected chi connectivity index (χ3v) is 10.7. The van der Waals surface area contributed by atoms with Gasteiger partial charge in [-0.1, -0.05) is 37.3 Å². The fourth-order valence-electron chi connectivity index (χ4n) is 5.26. The lowest BCUT2D eigenvalue weighted by atomic mass is 10.0. The maximum atomic E-state index is 13.9. The number of hydrogen-bond acceptors (Lipinski definition) is 7. The summed E-state index contributed by atoms with van der Waals surface area (Å²) in [4.78, 5) is 23.1. The molecule has 210 valence electrons. The molecule has 1 aromatic heterocycles. The number of rotatable bonds is 9. The molecule has 2 aliphatic heterocycles. The van der Waals surface area contributed by atoms with Gasteiger partial charge < -0.3 is 4.74 Å². The van der Waals surface area contributed by atoms with Crippen molar-refractivity contribution >= 4 is 42.6 Å². The van der Waals surface area contributed by atoms with E-state index in [4.69, 9.17) is 9.72 Å². The zero-order chi connectivity index (χ0) is 27.4. The van der Waals surface area contributed by atoms with Crippen LogP contribution in [0, 0.1) is 5.92 Å². The van der Waals surface area contributed by atoms with E-state index < -0.39 is 10.0 Å². The lowest BCUT2D eigenvalue weighted by Crippen LogP contribution is -2.39. The normalized spacial score (nSPS) is 18.0. The second-order valence-corrected chi connectivity index (χ2v) is 13.4. The highest BCUT2D eigenvalue weighted by molar-refractivity contribution is 7.89. The quantitative estimate of drug-likeness (QED) is 0.373. The van der Waals surface area contributed by atoms with Gasteiger partial charge in [-0.05, 0) is 67.5 Å². The number of anilines is 1. The standard InChI is InChI=1S/C29H38N4O4S2/c1-3-23-6-4-7-26-27(23)30-29(38-26)33(15-5-14-31-18-20-37-21-19-31)28(34)24-8-10-25(11-9-24)39(35,36)32-16-12-22(2)13-17-32/h4,6-11,22H,3,5,12-21H2,1-2H3. The molecule has 0 aliphatic carbocycles. The molecule has 0 unspecified atom stereocenters. The fourth-order valence-corrected chi connectivity index (χ4v) is 7.76. The van der Waals surface area contributed by atoms with Crippen LogP contribution in [0.15, 0.2) is 47.4 Å². The Labute approximate surface area is 235 Å². The van der Waals surface area contributed by atoms with E-state index in [2.05, 4.69) is 24.8 Å². The Hall–Kier alpha value is -2.37. The number of aryl methyl sites for hydroxylation is 1. The van der Waals surface area contributed by atoms with Crippen molar-refractivity contribution in [2.24, 2.45) is 5.92 Å². The summed E-state index contributed by atoms with van der Waals surface area (Å²) in [7, 11) is -3.57. The van der Waals surface area contributed by atoms with Crippen molar-refractivity contribution in [3.8, 4) is 0 Å². The van der Waals surface area contributed by atoms with Gasteiger partial charge in [-0.25, -0.2) is 13.4 Å². The van der Waals surface area contributed by atoms with E-state index in [0.29, 0.717) is 36.2 Å². The van der Waals surface area contributed by atoms with Crippen molar-refractivity contribution < 1.29 is 17.9 Å². The second-order valence-electron chi connectivity index (χ2n) is 10.5. The molecule has 3 aromatic rings. The summed E-state index contributed by atoms with van der Waals surface area (Å²) >= 11 is 1.53. The molecule has 0 bridgehead atoms. The van der Waals surface area contributed by atoms with Crippen molar-refractivity contribution in [3.63, 3.8) is 0 Å². The van der Waals surface area contributed by atoms with Crippen LogP contribution in [0.1, 0.15) is 49.0 Å². The molecule has 2 aliphatic rings. The molecule has 10 heteroatoms. The molecule has 2 aromatic carbocycles. The highest BCUT2D eigenvalue weighted by Gasteiger charge is 2.29. The van der Waals surface area contributed by atoms with Crippen LogP contribution < -0.4 is 4.90 Å². The first kappa shape index (κ1) is 28.2. The maximum absolute atomic E-state index is 13.9. The molecule has 2 saturated heterocycles. The monoisotopic (exact) mass is 570 g/mol. The number of thiazole rings is 1. The third kappa shape index (κ3) is 6.36. The Bertz CT molecular complexity index is 1380. The highest BCUT2D eigenvalue weighted by atomic mass is 32.2. The SMILES string of the molecule is CCc1cccc2sc(N(CCCN3CCOCC3)C(=O)c3ccc(S(=O)(=O)N4CCC(C)CC4)cc3)nc12. The summed E-state index contributed by atoms with van der Waals surface area (Å²) in [5, 5.41) is 0.678. The average Bonchev–Trinajstić information content (AvgIpc) is 3.40. The van der Waals surface area contributed by atoms with Crippen LogP contribution >= 0.6 is 11.3 Å². The number of nitrogens with zero attached hydrogens (tertiary/aromatic N) is 4. The summed E-state index contributed by atoms with van der Waals surface area (Å²) < 4.78 is 34.5. The van der Waals surface area contributed by atoms with Gasteiger partial charge in [0.1, 0.15) is 0 Å². The van der Waals surface area contributed by atoms with Gasteiger partial charge in [0.15, 0.2) is 5.13 Å². The van der Waals surface area contributed by atoms with E-state index in [9.17, 15) is 13.2 Å². The number of benzene rings is 2. The fraction of sp³-hybridized carbons (Fsp3) is 0.517. The molecular weight excluding hydrogens is 532 g/mol. The van der Waals surface area contributed by atoms with E-state index in [1.54, 1.807) is 33.5 Å². The van der Waals surface area contributed by atoms with Gasteiger partial charge in [0, 0.05) is 44.8 Å². The summed E-state index contributed by atoms with van der Waals surface area (Å²) in [6, 6.07) is 12.6. The second kappa shape index (κ2) is 12.4. The predicted molar refractivity (Wildman–Crippen MR) is 156 cm³/mol. The van der Waals surface area contributed by atoms with Gasteiger partial charge in [-0.3, -0.25) is 14.6 Å². The van der Waals surface area contributed by atoms with Crippen molar-refractivity contribution in [3.05, 3.63) is 53.6 Å². The zero-order valence-electron chi connectivity index (χ0n) is 22.8. The van der Waals surface area contributed by atoms with Gasteiger partial charge in [-0.15, -0.1) is 0 Å². The third-order valence-electron chi connectivity index (χ3n) is 7.79. The molecule has 0 radical (unpaired) electrons. The lowest BCUT2D eigenvalue weighted by Gasteiger charge is -2.29. The van der Waals surface area contributed by atoms with Crippen molar-refractivity contribution in [1.29, 1.82) is 0 Å². The number of carbonyl (C=O) groups is 1. The van der Waals surface area contributed by atoms with Gasteiger partial charge >= 0.3 is 0 Å². The number of fused-ring (bicyclic) bond motifs is 1. The van der Waals surface area contributed by atoms with Gasteiger partial charge in [-0.2, -0.15) is 4.31 Å². The topological polar surface area (TPSA) is 83.0 Å². The van der Waals surface area contributed by atoms with Crippen LogP contribution in [0.25, 0.3) is 10.2 Å². The van der Waals surface area contributed by atoms with E-state index in [-0.39, 0.29) is 10.8 Å². The lowest BCUT2D eigenvalue weighted by molar-refractivity contribution is 0.0376. The minimum Gasteiger partial charge on any atom is -0.379 e. The molecule has 0 spiro atoms. The van der Waals surface area contributed by atoms with Crippen LogP contribution in [0.4, 0.5) is 5.13 Å². The summed E-state index contributed by atoms with van der Waals surface area (Å²) in [6.07, 6.45) is 3.42. The van der Waals surface area contributed by atoms with E-state index in [1.807, 2.05) is 12.1 Å². The van der Waals surface area contributed by atoms with E-state index >= 15 is 0 Å². The van der Waals surface area contributed by atoms with Crippen LogP contribution in [0.3, 0.4) is 0 Å². The van der Waals surface area contributed by atoms with Crippen LogP contribution in [0.2, 0.25) is 0 Å². The number of morpholine rings is 1. The van der Waals surface area contributed by atoms with E-state index in [1.165, 1.54) is 11.3 Å². The Balaban J connectivity index is 1.37. The number of piperidine rings is 1. The molecule has 2 fully saturated rings. The molecule has 1 amide bonds. The van der Waals surface area contributed by atoms with Crippen LogP contribution in [-0.4, -0.2) is 81.0 Å². The maximum Gasteiger partial charge on any atom is 0.260 e. The first-order chi connectivity index (χ1) is 18.9. The van der Waals surface area contributed by atoms with Gasteiger partial charge in [0.2, 0.25) is 10.0 Å². The summed E-state index contributed by atoms with van der Waals surface area (Å²) in [5.74, 6) is 0.381. The van der Waals surface area contributed by atoms with Gasteiger partial charge in [0.05, 0.1) is 28.3 Å². The first-order valence-electron chi connectivity index (χ1n) is 14.0. The molecule has 0 N–H and O–H groups in total. The molecular formula is C29H38N4O4S2. The molecule has 5 rings (SSSR count). The number of aromatic nitrogens is 1. The first-order valence-corrected chi connectivity index (χ1v) is 16.2. The Morgan fingerprint density at radius 3 is 2.49 bits per heavy atom. The minimum absolute atomic E-state index is 0.162. The van der Waals surface area contributed by atoms with Gasteiger partial charge in [0.25, 0.3) is 5.91 Å². The predicted octanol–water partition coefficient (Wildman–Crippen LogP) is 4.65. The average molecular weight is 571 g/mol. The van der Waals surface area contributed by atoms with Crippen molar-refractivity contribution in [2.75, 3.05) is 57.4 Å². The molecule has 8 nitrogen and oxygen atoms in total. The number of para-hydroxylation sites is 1. The Morgan fingerprint density at radius 2 is 1.79 bits per heavy atom. The Morgan fingerprint density at radius 1 is 1.08 bits per heavy atom. The Kier molecular flexibility index (Phi) is 8.98. The van der Waals surface area contributed by atoms with E-state index in [0.717, 1.165) is 74.3 Å². The van der Waals surface area contributed by atoms with Crippen LogP contribution in [-0.2, 0) is 21.2 Å². The molecule has 39 heavy (non-hydrogen) atoms. The zero-order valence-corrected chi connectivity index (χ0v) is 24.5. The molecule has 0 atom stereocenters. The number of amides is 1. The number of hydrogen-bond donors (Lipinski definition) is 0. The number of carbonyl (C=O) groups excluding carboxylic acids is 1. The smallest absolute Gasteiger partial charge is 0.260 e. The molecule has 3 heterocycles. The molecule has 0 saturated carbocycles. The number of sulfonamides is 1. The highest BCUT2D eigenvalue weighted by Crippen LogP contribution is 2.32. The number of ether oxygens (including phenoxy) is 1. The van der Waals surface area contributed by atoms with Crippen molar-refractivity contribution in [1.82, 2.24) is 14.2 Å². The van der Waals surface area contributed by atoms with Crippen LogP contribution in [0.5, 0.6) is 0 Å². The minimum atomic E-state index is -3.57. The largest absolute Gasteiger partial charge is 0.379 e. The summed E-state index contributed by atoms with van der Waals surface area (Å²) in [5.41, 5.74) is 2.57. The summed E-state index contributed by atoms with van der Waals surface area (Å²) in [6.45, 7) is 10.1.